The van der Waals surface area contributed by atoms with Crippen LogP contribution in [0, 0.1) is 0 Å². The molecular formula is C22H30IN3O4. The van der Waals surface area contributed by atoms with Gasteiger partial charge in [0.05, 0.1) is 27.9 Å². The van der Waals surface area contributed by atoms with E-state index in [1.165, 1.54) is 5.56 Å². The van der Waals surface area contributed by atoms with Crippen molar-refractivity contribution in [1.29, 1.82) is 0 Å². The van der Waals surface area contributed by atoms with Gasteiger partial charge in [-0.25, -0.2) is 0 Å². The lowest BCUT2D eigenvalue weighted by Crippen LogP contribution is -2.42. The molecule has 1 heterocycles. The van der Waals surface area contributed by atoms with Crippen LogP contribution in [0.4, 0.5) is 0 Å². The van der Waals surface area contributed by atoms with Gasteiger partial charge in [0.1, 0.15) is 11.9 Å². The van der Waals surface area contributed by atoms with Crippen LogP contribution in [0.1, 0.15) is 11.1 Å². The van der Waals surface area contributed by atoms with Crippen molar-refractivity contribution in [2.75, 3.05) is 41.5 Å². The Morgan fingerprint density at radius 2 is 1.80 bits per heavy atom. The zero-order chi connectivity index (χ0) is 20.6. The Hall–Kier alpha value is -2.36. The van der Waals surface area contributed by atoms with E-state index in [2.05, 4.69) is 21.7 Å². The summed E-state index contributed by atoms with van der Waals surface area (Å²) in [7, 11) is 6.61. The molecule has 0 aliphatic carbocycles. The molecule has 2 aromatic rings. The van der Waals surface area contributed by atoms with Crippen LogP contribution in [0.3, 0.4) is 0 Å². The van der Waals surface area contributed by atoms with Gasteiger partial charge < -0.3 is 29.6 Å². The summed E-state index contributed by atoms with van der Waals surface area (Å²) in [5.74, 6) is 3.66. The zero-order valence-electron chi connectivity index (χ0n) is 17.9. The summed E-state index contributed by atoms with van der Waals surface area (Å²) >= 11 is 0. The van der Waals surface area contributed by atoms with Crippen LogP contribution in [-0.2, 0) is 12.8 Å². The first-order valence-corrected chi connectivity index (χ1v) is 9.67. The Bertz CT molecular complexity index is 835. The van der Waals surface area contributed by atoms with Crippen LogP contribution in [0.15, 0.2) is 41.4 Å². The predicted octanol–water partition coefficient (Wildman–Crippen LogP) is 3.04. The quantitative estimate of drug-likeness (QED) is 0.313. The highest BCUT2D eigenvalue weighted by Crippen LogP contribution is 2.39. The van der Waals surface area contributed by atoms with E-state index in [0.717, 1.165) is 30.1 Å². The minimum Gasteiger partial charge on any atom is -0.493 e. The van der Waals surface area contributed by atoms with Gasteiger partial charge in [-0.15, -0.1) is 24.0 Å². The first kappa shape index (κ1) is 23.9. The average Bonchev–Trinajstić information content (AvgIpc) is 3.18. The molecular weight excluding hydrogens is 497 g/mol. The smallest absolute Gasteiger partial charge is 0.203 e. The third kappa shape index (κ3) is 5.62. The number of rotatable bonds is 8. The third-order valence-electron chi connectivity index (χ3n) is 4.91. The van der Waals surface area contributed by atoms with Crippen LogP contribution in [-0.4, -0.2) is 53.5 Å². The molecule has 8 heteroatoms. The molecule has 1 atom stereocenters. The molecule has 164 valence electrons. The number of halogens is 1. The van der Waals surface area contributed by atoms with E-state index >= 15 is 0 Å². The zero-order valence-corrected chi connectivity index (χ0v) is 20.2. The number of hydrogen-bond donors (Lipinski definition) is 2. The number of nitrogens with zero attached hydrogens (tertiary/aromatic N) is 1. The number of fused-ring (bicyclic) bond motifs is 1. The molecule has 3 rings (SSSR count). The first-order valence-electron chi connectivity index (χ1n) is 9.67. The van der Waals surface area contributed by atoms with Gasteiger partial charge in [0.2, 0.25) is 5.75 Å². The highest BCUT2D eigenvalue weighted by atomic mass is 127. The number of aliphatic imine (C=N–C) groups is 1. The van der Waals surface area contributed by atoms with E-state index in [1.54, 1.807) is 28.4 Å². The number of guanidine groups is 1. The molecule has 0 aromatic heterocycles. The lowest BCUT2D eigenvalue weighted by molar-refractivity contribution is 0.235. The number of nitrogens with one attached hydrogen (secondary N) is 2. The Labute approximate surface area is 195 Å². The summed E-state index contributed by atoms with van der Waals surface area (Å²) in [6, 6.07) is 12.0. The fourth-order valence-corrected chi connectivity index (χ4v) is 3.47. The van der Waals surface area contributed by atoms with Crippen molar-refractivity contribution >= 4 is 29.9 Å². The Morgan fingerprint density at radius 3 is 2.47 bits per heavy atom. The van der Waals surface area contributed by atoms with E-state index in [1.807, 2.05) is 30.3 Å². The molecule has 0 saturated heterocycles. The van der Waals surface area contributed by atoms with Crippen molar-refractivity contribution in [3.63, 3.8) is 0 Å². The Balaban J connectivity index is 0.00000320. The van der Waals surface area contributed by atoms with Gasteiger partial charge >= 0.3 is 0 Å². The number of benzene rings is 2. The van der Waals surface area contributed by atoms with Crippen LogP contribution >= 0.6 is 24.0 Å². The number of para-hydroxylation sites is 1. The van der Waals surface area contributed by atoms with Crippen LogP contribution < -0.4 is 29.6 Å². The van der Waals surface area contributed by atoms with Crippen molar-refractivity contribution in [2.24, 2.45) is 4.99 Å². The van der Waals surface area contributed by atoms with E-state index in [9.17, 15) is 0 Å². The minimum absolute atomic E-state index is 0. The first-order chi connectivity index (χ1) is 14.2. The van der Waals surface area contributed by atoms with Gasteiger partial charge in [-0.3, -0.25) is 4.99 Å². The molecule has 30 heavy (non-hydrogen) atoms. The van der Waals surface area contributed by atoms with Gasteiger partial charge in [-0.2, -0.15) is 0 Å². The van der Waals surface area contributed by atoms with E-state index in [0.29, 0.717) is 30.3 Å². The summed E-state index contributed by atoms with van der Waals surface area (Å²) in [6.45, 7) is 1.38. The number of ether oxygens (including phenoxy) is 4. The van der Waals surface area contributed by atoms with Crippen molar-refractivity contribution in [3.05, 3.63) is 47.5 Å². The molecule has 0 bridgehead atoms. The second kappa shape index (κ2) is 11.7. The average molecular weight is 527 g/mol. The third-order valence-corrected chi connectivity index (χ3v) is 4.91. The van der Waals surface area contributed by atoms with Gasteiger partial charge in [0.15, 0.2) is 17.5 Å². The van der Waals surface area contributed by atoms with Gasteiger partial charge in [-0.05, 0) is 24.1 Å². The summed E-state index contributed by atoms with van der Waals surface area (Å²) in [4.78, 5) is 4.30. The van der Waals surface area contributed by atoms with E-state index in [-0.39, 0.29) is 30.1 Å². The standard InChI is InChI=1S/C22H29N3O4.HI/c1-23-22(25-14-17-13-16-7-5-6-8-18(16)29-17)24-12-11-15-9-10-19(26-2)21(28-4)20(15)27-3;/h5-10,17H,11-14H2,1-4H3,(H2,23,24,25);1H. The van der Waals surface area contributed by atoms with Crippen molar-refractivity contribution in [3.8, 4) is 23.0 Å². The maximum atomic E-state index is 5.97. The number of methoxy groups -OCH3 is 3. The molecule has 0 radical (unpaired) electrons. The van der Waals surface area contributed by atoms with Crippen LogP contribution in [0.25, 0.3) is 0 Å². The second-order valence-electron chi connectivity index (χ2n) is 6.68. The number of hydrogen-bond acceptors (Lipinski definition) is 5. The molecule has 7 nitrogen and oxygen atoms in total. The predicted molar refractivity (Wildman–Crippen MR) is 129 cm³/mol. The largest absolute Gasteiger partial charge is 0.493 e. The molecule has 0 amide bonds. The molecule has 0 saturated carbocycles. The fraction of sp³-hybridized carbons (Fsp3) is 0.409. The summed E-state index contributed by atoms with van der Waals surface area (Å²) in [5.41, 5.74) is 2.28. The normalized spacial score (nSPS) is 14.8. The topological polar surface area (TPSA) is 73.3 Å². The summed E-state index contributed by atoms with van der Waals surface area (Å²) in [6.07, 6.45) is 1.76. The van der Waals surface area contributed by atoms with E-state index in [4.69, 9.17) is 18.9 Å². The second-order valence-corrected chi connectivity index (χ2v) is 6.68. The van der Waals surface area contributed by atoms with Gasteiger partial charge in [0, 0.05) is 25.6 Å². The SMILES string of the molecule is CN=C(NCCc1ccc(OC)c(OC)c1OC)NCC1Cc2ccccc2O1.I. The van der Waals surface area contributed by atoms with Crippen molar-refractivity contribution in [2.45, 2.75) is 18.9 Å². The molecule has 1 aliphatic heterocycles. The molecule has 2 N–H and O–H groups in total. The van der Waals surface area contributed by atoms with Crippen molar-refractivity contribution < 1.29 is 18.9 Å². The fourth-order valence-electron chi connectivity index (χ4n) is 3.47. The highest BCUT2D eigenvalue weighted by Gasteiger charge is 2.22. The van der Waals surface area contributed by atoms with Crippen molar-refractivity contribution in [1.82, 2.24) is 10.6 Å². The lowest BCUT2D eigenvalue weighted by Gasteiger charge is -2.17. The monoisotopic (exact) mass is 527 g/mol. The molecule has 1 aliphatic rings. The van der Waals surface area contributed by atoms with Gasteiger partial charge in [0.25, 0.3) is 0 Å². The van der Waals surface area contributed by atoms with E-state index < -0.39 is 0 Å². The summed E-state index contributed by atoms with van der Waals surface area (Å²) in [5, 5.41) is 6.68. The molecule has 1 unspecified atom stereocenters. The lowest BCUT2D eigenvalue weighted by atomic mass is 10.1. The molecule has 0 spiro atoms. The maximum Gasteiger partial charge on any atom is 0.203 e. The molecule has 2 aromatic carbocycles. The molecule has 0 fully saturated rings. The maximum absolute atomic E-state index is 5.97. The highest BCUT2D eigenvalue weighted by molar-refractivity contribution is 14.0. The van der Waals surface area contributed by atoms with Gasteiger partial charge in [-0.1, -0.05) is 24.3 Å². The summed E-state index contributed by atoms with van der Waals surface area (Å²) < 4.78 is 22.3. The minimum atomic E-state index is 0. The van der Waals surface area contributed by atoms with Crippen LogP contribution in [0.5, 0.6) is 23.0 Å². The Morgan fingerprint density at radius 1 is 1.03 bits per heavy atom. The van der Waals surface area contributed by atoms with Crippen LogP contribution in [0.2, 0.25) is 0 Å². The Kier molecular flexibility index (Phi) is 9.35.